The van der Waals surface area contributed by atoms with E-state index in [0.29, 0.717) is 12.5 Å². The van der Waals surface area contributed by atoms with Crippen molar-refractivity contribution in [3.05, 3.63) is 17.0 Å². The third-order valence-electron chi connectivity index (χ3n) is 3.08. The molecule has 5 nitrogen and oxygen atoms in total. The number of hydrogen-bond acceptors (Lipinski definition) is 4. The second-order valence-electron chi connectivity index (χ2n) is 4.69. The highest BCUT2D eigenvalue weighted by Gasteiger charge is 2.37. The van der Waals surface area contributed by atoms with Crippen molar-refractivity contribution in [1.82, 2.24) is 4.31 Å². The summed E-state index contributed by atoms with van der Waals surface area (Å²) in [5, 5.41) is 8.83. The van der Waals surface area contributed by atoms with Gasteiger partial charge in [-0.2, -0.15) is 4.31 Å². The van der Waals surface area contributed by atoms with E-state index >= 15 is 0 Å². The zero-order chi connectivity index (χ0) is 13.5. The molecule has 2 rings (SSSR count). The van der Waals surface area contributed by atoms with Gasteiger partial charge in [0.05, 0.1) is 0 Å². The molecule has 1 fully saturated rings. The standard InChI is InChI=1S/C11H15NO4S2/c1-7-5-8(2)12(6-7)18(15,16)10-4-3-9(17-10)11(13)14/h3-4,7-8H,5-6H2,1-2H3,(H,13,14). The maximum absolute atomic E-state index is 12.4. The normalized spacial score (nSPS) is 25.4. The lowest BCUT2D eigenvalue weighted by Gasteiger charge is -2.19. The molecule has 0 saturated carbocycles. The molecule has 2 atom stereocenters. The zero-order valence-electron chi connectivity index (χ0n) is 10.2. The summed E-state index contributed by atoms with van der Waals surface area (Å²) in [5.41, 5.74) is 0. The first kappa shape index (κ1) is 13.5. The van der Waals surface area contributed by atoms with Crippen molar-refractivity contribution in [2.24, 2.45) is 5.92 Å². The summed E-state index contributed by atoms with van der Waals surface area (Å²) in [5.74, 6) is -0.752. The highest BCUT2D eigenvalue weighted by atomic mass is 32.2. The van der Waals surface area contributed by atoms with Crippen molar-refractivity contribution in [2.45, 2.75) is 30.5 Å². The van der Waals surface area contributed by atoms with Gasteiger partial charge in [-0.1, -0.05) is 6.92 Å². The van der Waals surface area contributed by atoms with Crippen molar-refractivity contribution in [1.29, 1.82) is 0 Å². The van der Waals surface area contributed by atoms with E-state index in [1.165, 1.54) is 16.4 Å². The van der Waals surface area contributed by atoms with Crippen molar-refractivity contribution in [3.8, 4) is 0 Å². The van der Waals surface area contributed by atoms with E-state index in [9.17, 15) is 13.2 Å². The lowest BCUT2D eigenvalue weighted by Crippen LogP contribution is -2.33. The number of aromatic carboxylic acids is 1. The summed E-state index contributed by atoms with van der Waals surface area (Å²) in [4.78, 5) is 10.8. The van der Waals surface area contributed by atoms with Crippen LogP contribution in [0.15, 0.2) is 16.3 Å². The number of carboxylic acids is 1. The second kappa shape index (κ2) is 4.64. The van der Waals surface area contributed by atoms with E-state index in [-0.39, 0.29) is 15.1 Å². The van der Waals surface area contributed by atoms with Crippen LogP contribution in [-0.2, 0) is 10.0 Å². The van der Waals surface area contributed by atoms with Crippen LogP contribution in [0.2, 0.25) is 0 Å². The first-order valence-corrected chi connectivity index (χ1v) is 7.93. The maximum Gasteiger partial charge on any atom is 0.345 e. The molecule has 1 N–H and O–H groups in total. The van der Waals surface area contributed by atoms with Gasteiger partial charge >= 0.3 is 5.97 Å². The van der Waals surface area contributed by atoms with Gasteiger partial charge in [-0.25, -0.2) is 13.2 Å². The minimum Gasteiger partial charge on any atom is -0.477 e. The van der Waals surface area contributed by atoms with Gasteiger partial charge in [-0.3, -0.25) is 0 Å². The average Bonchev–Trinajstić information content (AvgIpc) is 2.85. The summed E-state index contributed by atoms with van der Waals surface area (Å²) in [6, 6.07) is 2.68. The van der Waals surface area contributed by atoms with Crippen molar-refractivity contribution in [3.63, 3.8) is 0 Å². The Morgan fingerprint density at radius 3 is 2.56 bits per heavy atom. The third-order valence-corrected chi connectivity index (χ3v) is 6.60. The number of nitrogens with zero attached hydrogens (tertiary/aromatic N) is 1. The molecule has 0 spiro atoms. The molecule has 100 valence electrons. The Kier molecular flexibility index (Phi) is 3.48. The molecular weight excluding hydrogens is 274 g/mol. The number of sulfonamides is 1. The van der Waals surface area contributed by atoms with Crippen LogP contribution in [0.5, 0.6) is 0 Å². The van der Waals surface area contributed by atoms with Gasteiger partial charge in [0.25, 0.3) is 10.0 Å². The Labute approximate surface area is 110 Å². The van der Waals surface area contributed by atoms with Gasteiger partial charge in [0.2, 0.25) is 0 Å². The fourth-order valence-corrected chi connectivity index (χ4v) is 5.32. The van der Waals surface area contributed by atoms with Crippen LogP contribution in [0.4, 0.5) is 0 Å². The predicted octanol–water partition coefficient (Wildman–Crippen LogP) is 1.87. The number of carbonyl (C=O) groups is 1. The quantitative estimate of drug-likeness (QED) is 0.921. The molecule has 1 saturated heterocycles. The average molecular weight is 289 g/mol. The fourth-order valence-electron chi connectivity index (χ4n) is 2.29. The predicted molar refractivity (Wildman–Crippen MR) is 68.4 cm³/mol. The van der Waals surface area contributed by atoms with Gasteiger partial charge in [0.15, 0.2) is 0 Å². The Bertz CT molecular complexity index is 563. The number of carboxylic acid groups (broad SMARTS) is 1. The molecule has 7 heteroatoms. The monoisotopic (exact) mass is 289 g/mol. The minimum absolute atomic E-state index is 0.0274. The number of thiophene rings is 1. The smallest absolute Gasteiger partial charge is 0.345 e. The first-order chi connectivity index (χ1) is 8.32. The summed E-state index contributed by atoms with van der Waals surface area (Å²) in [6.07, 6.45) is 0.844. The molecule has 0 aromatic carbocycles. The van der Waals surface area contributed by atoms with Crippen LogP contribution in [-0.4, -0.2) is 36.4 Å². The Hall–Kier alpha value is -0.920. The SMILES string of the molecule is CC1CC(C)N(S(=O)(=O)c2ccc(C(=O)O)s2)C1. The molecule has 1 aromatic rings. The lowest BCUT2D eigenvalue weighted by atomic mass is 10.1. The van der Waals surface area contributed by atoms with Crippen molar-refractivity contribution >= 4 is 27.3 Å². The Morgan fingerprint density at radius 2 is 2.11 bits per heavy atom. The van der Waals surface area contributed by atoms with E-state index in [1.54, 1.807) is 0 Å². The second-order valence-corrected chi connectivity index (χ2v) is 7.89. The Morgan fingerprint density at radius 1 is 1.44 bits per heavy atom. The van der Waals surface area contributed by atoms with Crippen LogP contribution >= 0.6 is 11.3 Å². The largest absolute Gasteiger partial charge is 0.477 e. The summed E-state index contributed by atoms with van der Waals surface area (Å²) >= 11 is 0.809. The summed E-state index contributed by atoms with van der Waals surface area (Å²) in [6.45, 7) is 4.40. The fraction of sp³-hybridized carbons (Fsp3) is 0.545. The zero-order valence-corrected chi connectivity index (χ0v) is 11.8. The molecule has 18 heavy (non-hydrogen) atoms. The van der Waals surface area contributed by atoms with E-state index in [0.717, 1.165) is 17.8 Å². The number of hydrogen-bond donors (Lipinski definition) is 1. The van der Waals surface area contributed by atoms with Gasteiger partial charge in [0, 0.05) is 12.6 Å². The van der Waals surface area contributed by atoms with Crippen LogP contribution in [0.25, 0.3) is 0 Å². The molecule has 0 radical (unpaired) electrons. The highest BCUT2D eigenvalue weighted by Crippen LogP contribution is 2.32. The molecule has 0 bridgehead atoms. The molecule has 1 aromatic heterocycles. The molecule has 1 aliphatic heterocycles. The van der Waals surface area contributed by atoms with E-state index in [1.807, 2.05) is 13.8 Å². The number of rotatable bonds is 3. The molecule has 1 aliphatic rings. The highest BCUT2D eigenvalue weighted by molar-refractivity contribution is 7.91. The van der Waals surface area contributed by atoms with Gasteiger partial charge in [-0.15, -0.1) is 11.3 Å². The van der Waals surface area contributed by atoms with Crippen molar-refractivity contribution < 1.29 is 18.3 Å². The van der Waals surface area contributed by atoms with Crippen molar-refractivity contribution in [2.75, 3.05) is 6.54 Å². The van der Waals surface area contributed by atoms with Crippen LogP contribution in [0.3, 0.4) is 0 Å². The first-order valence-electron chi connectivity index (χ1n) is 5.67. The van der Waals surface area contributed by atoms with Gasteiger partial charge in [-0.05, 0) is 31.4 Å². The molecule has 2 unspecified atom stereocenters. The molecular formula is C11H15NO4S2. The minimum atomic E-state index is -3.54. The van der Waals surface area contributed by atoms with Gasteiger partial charge in [0.1, 0.15) is 9.09 Å². The van der Waals surface area contributed by atoms with E-state index in [2.05, 4.69) is 0 Å². The molecule has 0 amide bonds. The van der Waals surface area contributed by atoms with E-state index in [4.69, 9.17) is 5.11 Å². The third kappa shape index (κ3) is 2.30. The van der Waals surface area contributed by atoms with Gasteiger partial charge < -0.3 is 5.11 Å². The summed E-state index contributed by atoms with van der Waals surface area (Å²) in [7, 11) is -3.54. The van der Waals surface area contributed by atoms with Crippen LogP contribution in [0.1, 0.15) is 29.9 Å². The van der Waals surface area contributed by atoms with Crippen LogP contribution in [0, 0.1) is 5.92 Å². The van der Waals surface area contributed by atoms with Crippen LogP contribution < -0.4 is 0 Å². The maximum atomic E-state index is 12.4. The Balaban J connectivity index is 2.33. The molecule has 0 aliphatic carbocycles. The summed E-state index contributed by atoms with van der Waals surface area (Å²) < 4.78 is 26.3. The topological polar surface area (TPSA) is 74.7 Å². The molecule has 2 heterocycles. The van der Waals surface area contributed by atoms with E-state index < -0.39 is 16.0 Å². The lowest BCUT2D eigenvalue weighted by molar-refractivity contribution is 0.0702.